The van der Waals surface area contributed by atoms with Gasteiger partial charge in [0.25, 0.3) is 5.91 Å². The predicted octanol–water partition coefficient (Wildman–Crippen LogP) is 3.53. The first-order valence-corrected chi connectivity index (χ1v) is 10.5. The van der Waals surface area contributed by atoms with Crippen LogP contribution in [0, 0.1) is 5.82 Å². The zero-order chi connectivity index (χ0) is 22.2. The van der Waals surface area contributed by atoms with Gasteiger partial charge in [0.2, 0.25) is 0 Å². The Hall–Kier alpha value is -3.49. The number of nitrogens with zero attached hydrogens (tertiary/aromatic N) is 2. The first-order chi connectivity index (χ1) is 15.7. The number of aromatic nitrogens is 1. The SMILES string of the molecule is O=C(NOCc1ccc(F)cc1)c1ccccc1NCc1ccnc(N2CCOCC2)c1. The molecule has 1 aliphatic rings. The summed E-state index contributed by atoms with van der Waals surface area (Å²) < 4.78 is 18.4. The maximum Gasteiger partial charge on any atom is 0.276 e. The van der Waals surface area contributed by atoms with E-state index in [4.69, 9.17) is 9.57 Å². The van der Waals surface area contributed by atoms with Crippen molar-refractivity contribution in [2.24, 2.45) is 0 Å². The van der Waals surface area contributed by atoms with Gasteiger partial charge in [-0.1, -0.05) is 24.3 Å². The number of benzene rings is 2. The van der Waals surface area contributed by atoms with Crippen LogP contribution in [0.15, 0.2) is 66.9 Å². The Morgan fingerprint density at radius 3 is 2.66 bits per heavy atom. The standard InChI is InChI=1S/C24H25FN4O3/c25-20-7-5-18(6-8-20)17-32-28-24(30)21-3-1-2-4-22(21)27-16-19-9-10-26-23(15-19)29-11-13-31-14-12-29/h1-10,15,27H,11-14,16-17H2,(H,28,30). The highest BCUT2D eigenvalue weighted by Crippen LogP contribution is 2.19. The zero-order valence-corrected chi connectivity index (χ0v) is 17.6. The van der Waals surface area contributed by atoms with E-state index in [1.54, 1.807) is 30.5 Å². The average Bonchev–Trinajstić information content (AvgIpc) is 2.85. The highest BCUT2D eigenvalue weighted by Gasteiger charge is 2.14. The summed E-state index contributed by atoms with van der Waals surface area (Å²) >= 11 is 0. The first-order valence-electron chi connectivity index (χ1n) is 10.5. The van der Waals surface area contributed by atoms with Crippen LogP contribution >= 0.6 is 0 Å². The lowest BCUT2D eigenvalue weighted by Gasteiger charge is -2.28. The molecule has 1 aromatic heterocycles. The molecule has 166 valence electrons. The molecule has 8 heteroatoms. The highest BCUT2D eigenvalue weighted by molar-refractivity contribution is 5.99. The molecule has 3 aromatic rings. The van der Waals surface area contributed by atoms with E-state index >= 15 is 0 Å². The van der Waals surface area contributed by atoms with E-state index < -0.39 is 0 Å². The second-order valence-corrected chi connectivity index (χ2v) is 7.37. The van der Waals surface area contributed by atoms with Crippen molar-refractivity contribution in [3.8, 4) is 0 Å². The Kier molecular flexibility index (Phi) is 7.27. The van der Waals surface area contributed by atoms with Gasteiger partial charge in [-0.05, 0) is 47.5 Å². The van der Waals surface area contributed by atoms with Gasteiger partial charge in [0.05, 0.1) is 25.4 Å². The van der Waals surface area contributed by atoms with E-state index in [2.05, 4.69) is 20.7 Å². The first kappa shape index (κ1) is 21.7. The fourth-order valence-corrected chi connectivity index (χ4v) is 3.39. The lowest BCUT2D eigenvalue weighted by Crippen LogP contribution is -2.36. The van der Waals surface area contributed by atoms with Crippen molar-refractivity contribution >= 4 is 17.4 Å². The number of morpholine rings is 1. The van der Waals surface area contributed by atoms with Gasteiger partial charge in [0.15, 0.2) is 0 Å². The van der Waals surface area contributed by atoms with Crippen molar-refractivity contribution < 1.29 is 18.8 Å². The third-order valence-corrected chi connectivity index (χ3v) is 5.12. The molecule has 2 N–H and O–H groups in total. The van der Waals surface area contributed by atoms with Gasteiger partial charge in [-0.3, -0.25) is 9.63 Å². The van der Waals surface area contributed by atoms with Crippen molar-refractivity contribution in [2.75, 3.05) is 36.5 Å². The monoisotopic (exact) mass is 436 g/mol. The topological polar surface area (TPSA) is 75.7 Å². The molecule has 0 radical (unpaired) electrons. The molecular weight excluding hydrogens is 411 g/mol. The van der Waals surface area contributed by atoms with Crippen LogP contribution in [0.5, 0.6) is 0 Å². The number of carbonyl (C=O) groups is 1. The quantitative estimate of drug-likeness (QED) is 0.526. The molecule has 0 atom stereocenters. The van der Waals surface area contributed by atoms with Crippen LogP contribution in [0.1, 0.15) is 21.5 Å². The second-order valence-electron chi connectivity index (χ2n) is 7.37. The summed E-state index contributed by atoms with van der Waals surface area (Å²) in [5, 5.41) is 3.33. The number of halogens is 1. The Morgan fingerprint density at radius 2 is 1.84 bits per heavy atom. The Labute approximate surface area is 186 Å². The number of hydrogen-bond acceptors (Lipinski definition) is 6. The van der Waals surface area contributed by atoms with Crippen molar-refractivity contribution in [1.29, 1.82) is 0 Å². The van der Waals surface area contributed by atoms with Crippen LogP contribution in [0.4, 0.5) is 15.9 Å². The number of rotatable bonds is 8. The number of pyridine rings is 1. The smallest absolute Gasteiger partial charge is 0.276 e. The summed E-state index contributed by atoms with van der Waals surface area (Å²) in [7, 11) is 0. The number of carbonyl (C=O) groups excluding carboxylic acids is 1. The maximum absolute atomic E-state index is 13.0. The summed E-state index contributed by atoms with van der Waals surface area (Å²) in [4.78, 5) is 24.6. The van der Waals surface area contributed by atoms with E-state index in [9.17, 15) is 9.18 Å². The molecule has 2 aromatic carbocycles. The third-order valence-electron chi connectivity index (χ3n) is 5.12. The van der Waals surface area contributed by atoms with Crippen molar-refractivity contribution in [3.63, 3.8) is 0 Å². The molecule has 0 aliphatic carbocycles. The normalized spacial score (nSPS) is 13.6. The summed E-state index contributed by atoms with van der Waals surface area (Å²) in [5.74, 6) is 0.246. The number of nitrogens with one attached hydrogen (secondary N) is 2. The van der Waals surface area contributed by atoms with E-state index in [1.807, 2.05) is 24.3 Å². The van der Waals surface area contributed by atoms with Crippen molar-refractivity contribution in [1.82, 2.24) is 10.5 Å². The van der Waals surface area contributed by atoms with Gasteiger partial charge in [-0.25, -0.2) is 14.9 Å². The molecule has 1 fully saturated rings. The number of amides is 1. The van der Waals surface area contributed by atoms with Crippen LogP contribution in [0.3, 0.4) is 0 Å². The third kappa shape index (κ3) is 5.81. The summed E-state index contributed by atoms with van der Waals surface area (Å²) in [5.41, 5.74) is 5.43. The summed E-state index contributed by atoms with van der Waals surface area (Å²) in [6.07, 6.45) is 1.80. The molecule has 1 saturated heterocycles. The number of hydrogen-bond donors (Lipinski definition) is 2. The zero-order valence-electron chi connectivity index (χ0n) is 17.6. The second kappa shape index (κ2) is 10.7. The molecule has 0 unspecified atom stereocenters. The van der Waals surface area contributed by atoms with Crippen LogP contribution in [0.2, 0.25) is 0 Å². The fraction of sp³-hybridized carbons (Fsp3) is 0.250. The van der Waals surface area contributed by atoms with E-state index in [-0.39, 0.29) is 18.3 Å². The molecule has 1 aliphatic heterocycles. The Balaban J connectivity index is 1.35. The van der Waals surface area contributed by atoms with E-state index in [1.165, 1.54) is 12.1 Å². The number of hydroxylamine groups is 1. The number of anilines is 2. The summed E-state index contributed by atoms with van der Waals surface area (Å²) in [6, 6.07) is 17.1. The number of para-hydroxylation sites is 1. The van der Waals surface area contributed by atoms with Gasteiger partial charge in [-0.2, -0.15) is 0 Å². The van der Waals surface area contributed by atoms with Crippen LogP contribution in [-0.4, -0.2) is 37.2 Å². The Morgan fingerprint density at radius 1 is 1.06 bits per heavy atom. The minimum absolute atomic E-state index is 0.142. The average molecular weight is 436 g/mol. The molecule has 0 saturated carbocycles. The molecule has 4 rings (SSSR count). The highest BCUT2D eigenvalue weighted by atomic mass is 19.1. The van der Waals surface area contributed by atoms with Crippen LogP contribution in [0.25, 0.3) is 0 Å². The molecule has 2 heterocycles. The van der Waals surface area contributed by atoms with Gasteiger partial charge >= 0.3 is 0 Å². The van der Waals surface area contributed by atoms with Gasteiger partial charge in [-0.15, -0.1) is 0 Å². The lowest BCUT2D eigenvalue weighted by atomic mass is 10.1. The summed E-state index contributed by atoms with van der Waals surface area (Å²) in [6.45, 7) is 3.74. The van der Waals surface area contributed by atoms with E-state index in [0.717, 1.165) is 30.0 Å². The Bertz CT molecular complexity index is 1040. The molecule has 0 spiro atoms. The van der Waals surface area contributed by atoms with Gasteiger partial charge in [0.1, 0.15) is 11.6 Å². The molecule has 7 nitrogen and oxygen atoms in total. The molecule has 32 heavy (non-hydrogen) atoms. The predicted molar refractivity (Wildman–Crippen MR) is 120 cm³/mol. The molecule has 1 amide bonds. The lowest BCUT2D eigenvalue weighted by molar-refractivity contribution is 0.0234. The fourth-order valence-electron chi connectivity index (χ4n) is 3.39. The van der Waals surface area contributed by atoms with Crippen LogP contribution in [-0.2, 0) is 22.7 Å². The number of ether oxygens (including phenoxy) is 1. The van der Waals surface area contributed by atoms with Crippen molar-refractivity contribution in [2.45, 2.75) is 13.2 Å². The minimum atomic E-state index is -0.362. The van der Waals surface area contributed by atoms with Gasteiger partial charge < -0.3 is 15.0 Å². The van der Waals surface area contributed by atoms with Gasteiger partial charge in [0, 0.05) is 31.5 Å². The maximum atomic E-state index is 13.0. The van der Waals surface area contributed by atoms with Crippen molar-refractivity contribution in [3.05, 3.63) is 89.4 Å². The molecular formula is C24H25FN4O3. The molecule has 0 bridgehead atoms. The van der Waals surface area contributed by atoms with Crippen LogP contribution < -0.4 is 15.7 Å². The largest absolute Gasteiger partial charge is 0.380 e. The minimum Gasteiger partial charge on any atom is -0.380 e. The van der Waals surface area contributed by atoms with E-state index in [0.29, 0.717) is 31.0 Å².